The van der Waals surface area contributed by atoms with Gasteiger partial charge in [0, 0.05) is 11.1 Å². The fourth-order valence-electron chi connectivity index (χ4n) is 2.59. The van der Waals surface area contributed by atoms with Crippen LogP contribution in [0.25, 0.3) is 5.65 Å². The molecule has 0 aromatic carbocycles. The van der Waals surface area contributed by atoms with Gasteiger partial charge in [0.25, 0.3) is 5.91 Å². The highest BCUT2D eigenvalue weighted by atomic mass is 35.5. The average Bonchev–Trinajstić information content (AvgIpc) is 3.07. The van der Waals surface area contributed by atoms with Gasteiger partial charge in [-0.1, -0.05) is 23.2 Å². The molecule has 0 saturated heterocycles. The zero-order valence-corrected chi connectivity index (χ0v) is 16.6. The van der Waals surface area contributed by atoms with Gasteiger partial charge in [0.1, 0.15) is 10.7 Å². The van der Waals surface area contributed by atoms with Crippen molar-refractivity contribution in [1.29, 1.82) is 0 Å². The minimum Gasteiger partial charge on any atom is -0.462 e. The Labute approximate surface area is 163 Å². The number of ether oxygens (including phenoxy) is 1. The summed E-state index contributed by atoms with van der Waals surface area (Å²) < 4.78 is 6.59. The number of hydrogen-bond acceptors (Lipinski definition) is 5. The van der Waals surface area contributed by atoms with E-state index in [1.807, 2.05) is 6.92 Å². The summed E-state index contributed by atoms with van der Waals surface area (Å²) in [5.41, 5.74) is 1.56. The number of esters is 1. The van der Waals surface area contributed by atoms with Crippen molar-refractivity contribution in [3.05, 3.63) is 50.2 Å². The Kier molecular flexibility index (Phi) is 5.22. The van der Waals surface area contributed by atoms with Crippen LogP contribution < -0.4 is 5.32 Å². The van der Waals surface area contributed by atoms with Gasteiger partial charge in [-0.25, -0.2) is 9.78 Å². The van der Waals surface area contributed by atoms with Crippen molar-refractivity contribution < 1.29 is 14.3 Å². The molecule has 0 aliphatic rings. The van der Waals surface area contributed by atoms with Crippen LogP contribution in [0.1, 0.15) is 38.3 Å². The number of carbonyl (C=O) groups is 2. The number of carbonyl (C=O) groups excluding carboxylic acids is 2. The Balaban J connectivity index is 2.01. The molecule has 3 heterocycles. The smallest absolute Gasteiger partial charge is 0.341 e. The lowest BCUT2D eigenvalue weighted by atomic mass is 10.2. The molecule has 0 spiro atoms. The Morgan fingerprint density at radius 1 is 1.31 bits per heavy atom. The van der Waals surface area contributed by atoms with Crippen LogP contribution in [0.5, 0.6) is 0 Å². The van der Waals surface area contributed by atoms with Crippen molar-refractivity contribution in [1.82, 2.24) is 9.38 Å². The number of imidazole rings is 1. The number of aromatic nitrogens is 2. The van der Waals surface area contributed by atoms with Gasteiger partial charge >= 0.3 is 5.97 Å². The maximum absolute atomic E-state index is 12.9. The number of rotatable bonds is 4. The second kappa shape index (κ2) is 7.26. The zero-order valence-electron chi connectivity index (χ0n) is 14.2. The predicted octanol–water partition coefficient (Wildman–Crippen LogP) is 4.75. The van der Waals surface area contributed by atoms with Crippen molar-refractivity contribution in [3.63, 3.8) is 0 Å². The van der Waals surface area contributed by atoms with Crippen LogP contribution >= 0.6 is 34.5 Å². The van der Waals surface area contributed by atoms with E-state index in [9.17, 15) is 9.59 Å². The van der Waals surface area contributed by atoms with Crippen LogP contribution in [-0.4, -0.2) is 27.9 Å². The van der Waals surface area contributed by atoms with Crippen molar-refractivity contribution in [2.24, 2.45) is 0 Å². The second-order valence-electron chi connectivity index (χ2n) is 5.52. The third kappa shape index (κ3) is 3.42. The Bertz CT molecular complexity index is 1030. The number of fused-ring (bicyclic) bond motifs is 1. The van der Waals surface area contributed by atoms with Gasteiger partial charge in [0.15, 0.2) is 5.65 Å². The number of nitrogens with one attached hydrogen (secondary N) is 1. The van der Waals surface area contributed by atoms with Crippen molar-refractivity contribution in [3.8, 4) is 0 Å². The number of hydrogen-bond donors (Lipinski definition) is 1. The molecule has 0 fully saturated rings. The molecule has 0 saturated carbocycles. The van der Waals surface area contributed by atoms with Crippen LogP contribution in [0.15, 0.2) is 18.3 Å². The second-order valence-corrected chi connectivity index (χ2v) is 7.62. The molecular weight excluding hydrogens is 397 g/mol. The standard InChI is InChI=1S/C17H15Cl2N3O3S/c1-4-25-17(24)11-5-8(2)26-16(11)21-15(23)13-9(3)20-14-12(19)6-10(18)7-22(13)14/h5-7H,4H2,1-3H3,(H,21,23). The largest absolute Gasteiger partial charge is 0.462 e. The van der Waals surface area contributed by atoms with Crippen LogP contribution in [0.2, 0.25) is 10.0 Å². The SMILES string of the molecule is CCOC(=O)c1cc(C)sc1NC(=O)c1c(C)nc2c(Cl)cc(Cl)cn12. The van der Waals surface area contributed by atoms with E-state index in [1.165, 1.54) is 11.3 Å². The molecule has 9 heteroatoms. The molecule has 3 rings (SSSR count). The molecule has 1 N–H and O–H groups in total. The summed E-state index contributed by atoms with van der Waals surface area (Å²) in [7, 11) is 0. The summed E-state index contributed by atoms with van der Waals surface area (Å²) >= 11 is 13.5. The van der Waals surface area contributed by atoms with E-state index < -0.39 is 11.9 Å². The molecule has 0 aliphatic heterocycles. The number of pyridine rings is 1. The summed E-state index contributed by atoms with van der Waals surface area (Å²) in [5.74, 6) is -0.895. The summed E-state index contributed by atoms with van der Waals surface area (Å²) in [6.45, 7) is 5.54. The van der Waals surface area contributed by atoms with E-state index >= 15 is 0 Å². The van der Waals surface area contributed by atoms with Crippen molar-refractivity contribution >= 4 is 57.1 Å². The van der Waals surface area contributed by atoms with E-state index in [2.05, 4.69) is 10.3 Å². The highest BCUT2D eigenvalue weighted by Crippen LogP contribution is 2.30. The molecule has 6 nitrogen and oxygen atoms in total. The average molecular weight is 412 g/mol. The molecule has 1 amide bonds. The van der Waals surface area contributed by atoms with Crippen molar-refractivity contribution in [2.45, 2.75) is 20.8 Å². The minimum absolute atomic E-state index is 0.254. The number of thiophene rings is 1. The van der Waals surface area contributed by atoms with Gasteiger partial charge in [-0.05, 0) is 32.9 Å². The normalized spacial score (nSPS) is 11.0. The first kappa shape index (κ1) is 18.7. The molecule has 0 aliphatic carbocycles. The Morgan fingerprint density at radius 3 is 2.73 bits per heavy atom. The van der Waals surface area contributed by atoms with E-state index in [0.29, 0.717) is 37.6 Å². The van der Waals surface area contributed by atoms with Crippen LogP contribution in [0.4, 0.5) is 5.00 Å². The number of anilines is 1. The van der Waals surface area contributed by atoms with Gasteiger partial charge in [0.2, 0.25) is 0 Å². The summed E-state index contributed by atoms with van der Waals surface area (Å²) in [4.78, 5) is 30.2. The third-order valence-corrected chi connectivity index (χ3v) is 5.06. The highest BCUT2D eigenvalue weighted by Gasteiger charge is 2.23. The zero-order chi connectivity index (χ0) is 19.0. The van der Waals surface area contributed by atoms with E-state index in [-0.39, 0.29) is 6.61 Å². The van der Waals surface area contributed by atoms with E-state index in [1.54, 1.807) is 36.6 Å². The molecule has 26 heavy (non-hydrogen) atoms. The Morgan fingerprint density at radius 2 is 2.04 bits per heavy atom. The molecular formula is C17H15Cl2N3O3S. The monoisotopic (exact) mass is 411 g/mol. The maximum Gasteiger partial charge on any atom is 0.341 e. The van der Waals surface area contributed by atoms with Gasteiger partial charge in [-0.2, -0.15) is 0 Å². The number of amides is 1. The summed E-state index contributed by atoms with van der Waals surface area (Å²) in [6, 6.07) is 3.25. The Hall–Kier alpha value is -2.09. The fraction of sp³-hybridized carbons (Fsp3) is 0.235. The van der Waals surface area contributed by atoms with Gasteiger partial charge in [-0.3, -0.25) is 9.20 Å². The van der Waals surface area contributed by atoms with Crippen LogP contribution in [-0.2, 0) is 4.74 Å². The molecule has 0 bridgehead atoms. The number of halogens is 2. The van der Waals surface area contributed by atoms with Crippen LogP contribution in [0, 0.1) is 13.8 Å². The first-order chi connectivity index (χ1) is 12.3. The van der Waals surface area contributed by atoms with E-state index in [4.69, 9.17) is 27.9 Å². The molecule has 3 aromatic rings. The first-order valence-electron chi connectivity index (χ1n) is 7.74. The topological polar surface area (TPSA) is 72.7 Å². The molecule has 3 aromatic heterocycles. The number of aryl methyl sites for hydroxylation is 2. The van der Waals surface area contributed by atoms with Gasteiger partial charge < -0.3 is 10.1 Å². The molecule has 136 valence electrons. The molecule has 0 radical (unpaired) electrons. The van der Waals surface area contributed by atoms with Crippen molar-refractivity contribution in [2.75, 3.05) is 11.9 Å². The maximum atomic E-state index is 12.9. The van der Waals surface area contributed by atoms with Gasteiger partial charge in [0.05, 0.1) is 27.9 Å². The summed E-state index contributed by atoms with van der Waals surface area (Å²) in [6.07, 6.45) is 1.57. The lowest BCUT2D eigenvalue weighted by Gasteiger charge is -2.07. The lowest BCUT2D eigenvalue weighted by Crippen LogP contribution is -2.17. The summed E-state index contributed by atoms with van der Waals surface area (Å²) in [5, 5.41) is 3.93. The first-order valence-corrected chi connectivity index (χ1v) is 9.31. The molecule has 0 atom stereocenters. The molecule has 0 unspecified atom stereocenters. The lowest BCUT2D eigenvalue weighted by molar-refractivity contribution is 0.0528. The quantitative estimate of drug-likeness (QED) is 0.628. The van der Waals surface area contributed by atoms with E-state index in [0.717, 1.165) is 4.88 Å². The fourth-order valence-corrected chi connectivity index (χ4v) is 4.00. The highest BCUT2D eigenvalue weighted by molar-refractivity contribution is 7.16. The number of nitrogens with zero attached hydrogens (tertiary/aromatic N) is 2. The third-order valence-electron chi connectivity index (χ3n) is 3.61. The van der Waals surface area contributed by atoms with Gasteiger partial charge in [-0.15, -0.1) is 11.3 Å². The van der Waals surface area contributed by atoms with Crippen LogP contribution in [0.3, 0.4) is 0 Å². The minimum atomic E-state index is -0.479. The predicted molar refractivity (Wildman–Crippen MR) is 103 cm³/mol.